The van der Waals surface area contributed by atoms with Gasteiger partial charge >= 0.3 is 0 Å². The SMILES string of the molecule is CC/C=C\C/C=C\C/C=C\C/C=C\CCCCCCCCCCCCCCCCCCCCC(=O)NC(COC1OC(CO)C(OC2OC(CO)C(OC3OC(CO)C(O)C(O)C3O)C(O)C2O)C(O)C1O)C(O)/C=C/CC/C=C/CC/C=C/CCCCCC. The number of ether oxygens (including phenoxy) is 6. The fourth-order valence-corrected chi connectivity index (χ4v) is 11.3. The van der Waals surface area contributed by atoms with Crippen LogP contribution >= 0.6 is 0 Å². The van der Waals surface area contributed by atoms with Gasteiger partial charge in [-0.3, -0.25) is 4.79 Å². The van der Waals surface area contributed by atoms with Crippen molar-refractivity contribution in [1.29, 1.82) is 0 Å². The Kier molecular flexibility index (Phi) is 47.2. The molecule has 19 nitrogen and oxygen atoms in total. The summed E-state index contributed by atoms with van der Waals surface area (Å²) >= 11 is 0. The van der Waals surface area contributed by atoms with Crippen LogP contribution in [0.25, 0.3) is 0 Å². The zero-order chi connectivity index (χ0) is 65.4. The third kappa shape index (κ3) is 33.9. The van der Waals surface area contributed by atoms with Crippen molar-refractivity contribution in [2.75, 3.05) is 26.4 Å². The van der Waals surface area contributed by atoms with E-state index >= 15 is 0 Å². The fraction of sp³-hybridized carbons (Fsp3) is 0.789. The minimum absolute atomic E-state index is 0.230. The van der Waals surface area contributed by atoms with Gasteiger partial charge < -0.3 is 89.9 Å². The van der Waals surface area contributed by atoms with Gasteiger partial charge in [0, 0.05) is 6.42 Å². The number of aliphatic hydroxyl groups excluding tert-OH is 11. The van der Waals surface area contributed by atoms with Crippen molar-refractivity contribution >= 4 is 5.91 Å². The van der Waals surface area contributed by atoms with Crippen molar-refractivity contribution < 1.29 is 89.4 Å². The maximum absolute atomic E-state index is 13.4. The van der Waals surface area contributed by atoms with E-state index < -0.39 is 124 Å². The molecule has 19 heteroatoms. The standard InChI is InChI=1S/C71H123NO18/c1-3-5-7-9-11-13-15-17-19-20-21-22-23-24-25-26-27-28-29-30-31-32-33-34-35-37-39-41-43-45-47-49-59(77)72-54(55(76)48-46-44-42-40-38-36-18-16-14-12-10-8-6-4-2)53-85-69-65(83)62(80)67(57(51-74)87-69)90-71-66(84)63(81)68(58(52-75)88-71)89-70-64(82)61(79)60(78)56(50-73)86-70/h5,7,11,13-14,16-17,19,21-22,38,40,46,48,54-58,60-71,73-76,78-84H,3-4,6,8-10,12,15,18,20,23-37,39,41-45,47,49-53H2,1-2H3,(H,72,77)/b7-5-,13-11-,16-14+,19-17-,22-21-,40-38+,48-46+. The number of allylic oxidation sites excluding steroid dienone is 13. The van der Waals surface area contributed by atoms with Gasteiger partial charge in [-0.25, -0.2) is 0 Å². The van der Waals surface area contributed by atoms with Crippen LogP contribution in [0.3, 0.4) is 0 Å². The zero-order valence-corrected chi connectivity index (χ0v) is 54.8. The summed E-state index contributed by atoms with van der Waals surface area (Å²) in [6.07, 6.45) is 40.0. The van der Waals surface area contributed by atoms with Crippen molar-refractivity contribution in [2.24, 2.45) is 0 Å². The van der Waals surface area contributed by atoms with Gasteiger partial charge in [0.1, 0.15) is 73.2 Å². The highest BCUT2D eigenvalue weighted by Gasteiger charge is 2.53. The van der Waals surface area contributed by atoms with Crippen molar-refractivity contribution in [3.05, 3.63) is 85.1 Å². The van der Waals surface area contributed by atoms with Crippen LogP contribution in [0.5, 0.6) is 0 Å². The molecule has 17 unspecified atom stereocenters. The Hall–Kier alpha value is -3.03. The van der Waals surface area contributed by atoms with Crippen LogP contribution < -0.4 is 5.32 Å². The molecule has 3 aliphatic rings. The van der Waals surface area contributed by atoms with Crippen LogP contribution in [0.15, 0.2) is 85.1 Å². The first-order valence-electron chi connectivity index (χ1n) is 34.8. The summed E-state index contributed by atoms with van der Waals surface area (Å²) in [5, 5.41) is 120. The van der Waals surface area contributed by atoms with Gasteiger partial charge in [-0.1, -0.05) is 221 Å². The van der Waals surface area contributed by atoms with E-state index in [1.807, 2.05) is 6.08 Å². The van der Waals surface area contributed by atoms with Crippen LogP contribution in [0.4, 0.5) is 0 Å². The largest absolute Gasteiger partial charge is 0.394 e. The second-order valence-corrected chi connectivity index (χ2v) is 24.6. The summed E-state index contributed by atoms with van der Waals surface area (Å²) in [5.74, 6) is -0.291. The van der Waals surface area contributed by atoms with Gasteiger partial charge in [-0.2, -0.15) is 0 Å². The van der Waals surface area contributed by atoms with Crippen LogP contribution in [0, 0.1) is 0 Å². The lowest BCUT2D eigenvalue weighted by molar-refractivity contribution is -0.379. The predicted octanol–water partition coefficient (Wildman–Crippen LogP) is 9.10. The number of amides is 1. The average Bonchev–Trinajstić information content (AvgIpc) is 0.908. The Labute approximate surface area is 540 Å². The molecule has 3 rings (SSSR count). The molecule has 3 aliphatic heterocycles. The molecule has 0 spiro atoms. The van der Waals surface area contributed by atoms with Gasteiger partial charge in [-0.05, 0) is 83.5 Å². The van der Waals surface area contributed by atoms with E-state index in [9.17, 15) is 61.0 Å². The molecule has 0 aromatic rings. The number of carbonyl (C=O) groups excluding carboxylic acids is 1. The van der Waals surface area contributed by atoms with E-state index in [2.05, 4.69) is 92.1 Å². The highest BCUT2D eigenvalue weighted by molar-refractivity contribution is 5.76. The monoisotopic (exact) mass is 1280 g/mol. The van der Waals surface area contributed by atoms with Crippen LogP contribution in [-0.4, -0.2) is 193 Å². The molecule has 0 aromatic heterocycles. The summed E-state index contributed by atoms with van der Waals surface area (Å²) in [6, 6.07) is -0.999. The van der Waals surface area contributed by atoms with E-state index in [0.29, 0.717) is 12.8 Å². The fourth-order valence-electron chi connectivity index (χ4n) is 11.3. The lowest BCUT2D eigenvalue weighted by atomic mass is 9.96. The van der Waals surface area contributed by atoms with E-state index in [-0.39, 0.29) is 18.9 Å². The molecule has 3 fully saturated rings. The first-order valence-corrected chi connectivity index (χ1v) is 34.8. The van der Waals surface area contributed by atoms with Gasteiger partial charge in [0.15, 0.2) is 18.9 Å². The van der Waals surface area contributed by atoms with Gasteiger partial charge in [0.25, 0.3) is 0 Å². The summed E-state index contributed by atoms with van der Waals surface area (Å²) in [5.41, 5.74) is 0. The highest BCUT2D eigenvalue weighted by atomic mass is 16.8. The molecule has 0 saturated carbocycles. The molecule has 0 radical (unpaired) electrons. The third-order valence-electron chi connectivity index (χ3n) is 16.9. The van der Waals surface area contributed by atoms with Crippen molar-refractivity contribution in [3.8, 4) is 0 Å². The molecule has 3 saturated heterocycles. The van der Waals surface area contributed by atoms with Crippen LogP contribution in [0.1, 0.15) is 226 Å². The number of hydrogen-bond donors (Lipinski definition) is 12. The molecule has 3 heterocycles. The Balaban J connectivity index is 1.38. The second-order valence-electron chi connectivity index (χ2n) is 24.6. The van der Waals surface area contributed by atoms with Crippen molar-refractivity contribution in [2.45, 2.75) is 330 Å². The number of hydrogen-bond acceptors (Lipinski definition) is 18. The summed E-state index contributed by atoms with van der Waals surface area (Å²) in [6.45, 7) is 1.56. The smallest absolute Gasteiger partial charge is 0.220 e. The minimum Gasteiger partial charge on any atom is -0.394 e. The van der Waals surface area contributed by atoms with Gasteiger partial charge in [0.05, 0.1) is 38.6 Å². The molecule has 90 heavy (non-hydrogen) atoms. The Morgan fingerprint density at radius 2 is 0.778 bits per heavy atom. The maximum atomic E-state index is 13.4. The molecule has 0 aromatic carbocycles. The lowest BCUT2D eigenvalue weighted by Crippen LogP contribution is -2.66. The second kappa shape index (κ2) is 52.3. The summed E-state index contributed by atoms with van der Waals surface area (Å²) < 4.78 is 34.3. The number of carbonyl (C=O) groups is 1. The van der Waals surface area contributed by atoms with Crippen LogP contribution in [-0.2, 0) is 33.2 Å². The van der Waals surface area contributed by atoms with Gasteiger partial charge in [-0.15, -0.1) is 0 Å². The molecule has 0 bridgehead atoms. The highest BCUT2D eigenvalue weighted by Crippen LogP contribution is 2.33. The predicted molar refractivity (Wildman–Crippen MR) is 351 cm³/mol. The zero-order valence-electron chi connectivity index (χ0n) is 54.8. The molecular formula is C71H123NO18. The number of unbranched alkanes of at least 4 members (excludes halogenated alkanes) is 24. The molecule has 520 valence electrons. The number of aliphatic hydroxyl groups is 11. The molecule has 1 amide bonds. The summed E-state index contributed by atoms with van der Waals surface area (Å²) in [4.78, 5) is 13.4. The molecule has 12 N–H and O–H groups in total. The van der Waals surface area contributed by atoms with Crippen molar-refractivity contribution in [1.82, 2.24) is 5.32 Å². The Bertz CT molecular complexity index is 1960. The van der Waals surface area contributed by atoms with Crippen LogP contribution in [0.2, 0.25) is 0 Å². The first-order chi connectivity index (χ1) is 43.8. The molecule has 0 aliphatic carbocycles. The van der Waals surface area contributed by atoms with E-state index in [1.165, 1.54) is 122 Å². The Morgan fingerprint density at radius 1 is 0.411 bits per heavy atom. The quantitative estimate of drug-likeness (QED) is 0.0200. The van der Waals surface area contributed by atoms with E-state index in [1.54, 1.807) is 6.08 Å². The normalized spacial score (nSPS) is 28.6. The minimum atomic E-state index is -1.98. The number of rotatable bonds is 52. The molecular weight excluding hydrogens is 1150 g/mol. The lowest BCUT2D eigenvalue weighted by Gasteiger charge is -2.48. The average molecular weight is 1280 g/mol. The number of nitrogens with one attached hydrogen (secondary N) is 1. The topological polar surface area (TPSA) is 307 Å². The summed E-state index contributed by atoms with van der Waals surface area (Å²) in [7, 11) is 0. The van der Waals surface area contributed by atoms with E-state index in [0.717, 1.165) is 70.6 Å². The maximum Gasteiger partial charge on any atom is 0.220 e. The third-order valence-corrected chi connectivity index (χ3v) is 16.9. The van der Waals surface area contributed by atoms with E-state index in [4.69, 9.17) is 28.4 Å². The Morgan fingerprint density at radius 3 is 1.24 bits per heavy atom. The van der Waals surface area contributed by atoms with Gasteiger partial charge in [0.2, 0.25) is 5.91 Å². The van der Waals surface area contributed by atoms with Crippen molar-refractivity contribution in [3.63, 3.8) is 0 Å². The molecule has 17 atom stereocenters. The first kappa shape index (κ1) is 81.2.